The first-order chi connectivity index (χ1) is 14.7. The molecular weight excluding hydrogens is 376 g/mol. The van der Waals surface area contributed by atoms with Crippen LogP contribution in [-0.2, 0) is 28.9 Å². The second kappa shape index (κ2) is 11.5. The second-order valence-electron chi connectivity index (χ2n) is 7.78. The monoisotopic (exact) mass is 408 g/mol. The largest absolute Gasteiger partial charge is 0.343 e. The minimum absolute atomic E-state index is 0.127. The molecule has 0 saturated carbocycles. The van der Waals surface area contributed by atoms with Crippen LogP contribution in [0.4, 0.5) is 5.69 Å². The van der Waals surface area contributed by atoms with Crippen molar-refractivity contribution in [3.8, 4) is 0 Å². The van der Waals surface area contributed by atoms with Gasteiger partial charge in [0.25, 0.3) is 0 Å². The Morgan fingerprint density at radius 3 is 2.60 bits per heavy atom. The van der Waals surface area contributed by atoms with Crippen LogP contribution < -0.4 is 21.7 Å². The zero-order valence-electron chi connectivity index (χ0n) is 17.5. The average Bonchev–Trinajstić information content (AvgIpc) is 3.23. The van der Waals surface area contributed by atoms with Crippen LogP contribution in [0.25, 0.3) is 0 Å². The molecule has 0 unspecified atom stereocenters. The van der Waals surface area contributed by atoms with Gasteiger partial charge in [-0.3, -0.25) is 9.59 Å². The van der Waals surface area contributed by atoms with E-state index in [0.717, 1.165) is 44.5 Å². The minimum Gasteiger partial charge on any atom is -0.343 e. The van der Waals surface area contributed by atoms with Crippen LogP contribution in [-0.4, -0.2) is 37.5 Å². The molecule has 0 fully saturated rings. The third-order valence-electron chi connectivity index (χ3n) is 5.48. The lowest BCUT2D eigenvalue weighted by molar-refractivity contribution is -0.125. The molecule has 0 aliphatic heterocycles. The Bertz CT molecular complexity index is 838. The quantitative estimate of drug-likeness (QED) is 0.429. The number of nitrogens with two attached hydrogens (primary N) is 1. The Morgan fingerprint density at radius 2 is 1.80 bits per heavy atom. The van der Waals surface area contributed by atoms with Crippen molar-refractivity contribution < 1.29 is 9.59 Å². The molecule has 160 valence electrons. The number of hydrogen-bond donors (Lipinski definition) is 4. The van der Waals surface area contributed by atoms with E-state index in [1.54, 1.807) is 0 Å². The number of amides is 2. The predicted octanol–water partition coefficient (Wildman–Crippen LogP) is 2.17. The lowest BCUT2D eigenvalue weighted by atomic mass is 10.1. The van der Waals surface area contributed by atoms with Crippen LogP contribution >= 0.6 is 0 Å². The molecule has 0 saturated heterocycles. The van der Waals surface area contributed by atoms with E-state index in [1.165, 1.54) is 23.1 Å². The fourth-order valence-electron chi connectivity index (χ4n) is 3.83. The van der Waals surface area contributed by atoms with Gasteiger partial charge >= 0.3 is 0 Å². The third kappa shape index (κ3) is 6.68. The van der Waals surface area contributed by atoms with Crippen molar-refractivity contribution >= 4 is 17.5 Å². The molecule has 1 aliphatic rings. The van der Waals surface area contributed by atoms with Crippen molar-refractivity contribution in [1.82, 2.24) is 10.6 Å². The Hall–Kier alpha value is -2.70. The van der Waals surface area contributed by atoms with E-state index in [-0.39, 0.29) is 18.4 Å². The lowest BCUT2D eigenvalue weighted by Gasteiger charge is -2.19. The summed E-state index contributed by atoms with van der Waals surface area (Å²) in [6.45, 7) is 1.54. The number of carbonyl (C=O) groups is 2. The summed E-state index contributed by atoms with van der Waals surface area (Å²) in [7, 11) is 0. The van der Waals surface area contributed by atoms with Gasteiger partial charge in [0.1, 0.15) is 6.04 Å². The summed E-state index contributed by atoms with van der Waals surface area (Å²) in [6, 6.07) is 15.8. The highest BCUT2D eigenvalue weighted by Crippen LogP contribution is 2.25. The maximum absolute atomic E-state index is 12.8. The van der Waals surface area contributed by atoms with Crippen LogP contribution in [0.1, 0.15) is 36.0 Å². The number of nitrogens with one attached hydrogen (secondary N) is 3. The van der Waals surface area contributed by atoms with Gasteiger partial charge in [-0.1, -0.05) is 36.4 Å². The standard InChI is InChI=1S/C24H32N4O2/c25-17-23(29)28-22(10-5-14-26-15-13-18-6-2-1-3-7-18)24(30)27-21-12-11-19-8-4-9-20(19)16-21/h1-3,6-7,11-12,16,22,26H,4-5,8-10,13-15,17,25H2,(H,27,30)(H,28,29)/t22-/m0/s1. The van der Waals surface area contributed by atoms with Gasteiger partial charge in [-0.25, -0.2) is 0 Å². The van der Waals surface area contributed by atoms with Gasteiger partial charge in [0, 0.05) is 5.69 Å². The lowest BCUT2D eigenvalue weighted by Crippen LogP contribution is -2.46. The SMILES string of the molecule is NCC(=O)N[C@@H](CCCNCCc1ccccc1)C(=O)Nc1ccc2c(c1)CCC2. The van der Waals surface area contributed by atoms with Gasteiger partial charge in [-0.15, -0.1) is 0 Å². The van der Waals surface area contributed by atoms with Crippen LogP contribution in [0.5, 0.6) is 0 Å². The minimum atomic E-state index is -0.592. The number of rotatable bonds is 11. The summed E-state index contributed by atoms with van der Waals surface area (Å²) in [5.41, 5.74) is 10.2. The van der Waals surface area contributed by atoms with Crippen LogP contribution in [0.15, 0.2) is 48.5 Å². The molecule has 1 aliphatic carbocycles. The van der Waals surface area contributed by atoms with Crippen molar-refractivity contribution in [2.45, 2.75) is 44.6 Å². The summed E-state index contributed by atoms with van der Waals surface area (Å²) in [4.78, 5) is 24.6. The van der Waals surface area contributed by atoms with Gasteiger partial charge in [0.15, 0.2) is 0 Å². The summed E-state index contributed by atoms with van der Waals surface area (Å²) in [5.74, 6) is -0.514. The first-order valence-corrected chi connectivity index (χ1v) is 10.8. The number of hydrogen-bond acceptors (Lipinski definition) is 4. The van der Waals surface area contributed by atoms with Gasteiger partial charge < -0.3 is 21.7 Å². The van der Waals surface area contributed by atoms with Gasteiger partial charge in [-0.05, 0) is 80.4 Å². The Morgan fingerprint density at radius 1 is 1.00 bits per heavy atom. The van der Waals surface area contributed by atoms with E-state index in [0.29, 0.717) is 6.42 Å². The maximum atomic E-state index is 12.8. The van der Waals surface area contributed by atoms with Crippen molar-refractivity contribution in [3.63, 3.8) is 0 Å². The van der Waals surface area contributed by atoms with Gasteiger partial charge in [0.2, 0.25) is 11.8 Å². The topological polar surface area (TPSA) is 96.2 Å². The summed E-state index contributed by atoms with van der Waals surface area (Å²) >= 11 is 0. The molecule has 0 heterocycles. The third-order valence-corrected chi connectivity index (χ3v) is 5.48. The van der Waals surface area contributed by atoms with Crippen molar-refractivity contribution in [2.75, 3.05) is 25.0 Å². The molecule has 3 rings (SSSR count). The zero-order chi connectivity index (χ0) is 21.2. The molecule has 2 aromatic carbocycles. The fourth-order valence-corrected chi connectivity index (χ4v) is 3.83. The van der Waals surface area contributed by atoms with Crippen LogP contribution in [0.3, 0.4) is 0 Å². The molecule has 0 spiro atoms. The highest BCUT2D eigenvalue weighted by atomic mass is 16.2. The van der Waals surface area contributed by atoms with Gasteiger partial charge in [-0.2, -0.15) is 0 Å². The number of anilines is 1. The van der Waals surface area contributed by atoms with E-state index < -0.39 is 6.04 Å². The van der Waals surface area contributed by atoms with Crippen LogP contribution in [0.2, 0.25) is 0 Å². The fraction of sp³-hybridized carbons (Fsp3) is 0.417. The first kappa shape index (κ1) is 22.0. The Labute approximate surface area is 178 Å². The van der Waals surface area contributed by atoms with Crippen molar-refractivity contribution in [2.24, 2.45) is 5.73 Å². The molecule has 30 heavy (non-hydrogen) atoms. The van der Waals surface area contributed by atoms with Gasteiger partial charge in [0.05, 0.1) is 6.54 Å². The molecule has 2 aromatic rings. The van der Waals surface area contributed by atoms with Crippen molar-refractivity contribution in [3.05, 3.63) is 65.2 Å². The highest BCUT2D eigenvalue weighted by Gasteiger charge is 2.21. The number of fused-ring (bicyclic) bond motifs is 1. The molecule has 6 nitrogen and oxygen atoms in total. The summed E-state index contributed by atoms with van der Waals surface area (Å²) in [6.07, 6.45) is 5.63. The first-order valence-electron chi connectivity index (χ1n) is 10.8. The molecule has 0 radical (unpaired) electrons. The molecule has 6 heteroatoms. The van der Waals surface area contributed by atoms with E-state index >= 15 is 0 Å². The maximum Gasteiger partial charge on any atom is 0.246 e. The predicted molar refractivity (Wildman–Crippen MR) is 120 cm³/mol. The number of carbonyl (C=O) groups excluding carboxylic acids is 2. The van der Waals surface area contributed by atoms with Crippen molar-refractivity contribution in [1.29, 1.82) is 0 Å². The average molecular weight is 409 g/mol. The Balaban J connectivity index is 1.45. The molecule has 1 atom stereocenters. The van der Waals surface area contributed by atoms with Crippen LogP contribution in [0, 0.1) is 0 Å². The summed E-state index contributed by atoms with van der Waals surface area (Å²) < 4.78 is 0. The highest BCUT2D eigenvalue weighted by molar-refractivity contribution is 5.97. The van der Waals surface area contributed by atoms with E-state index in [2.05, 4.69) is 34.1 Å². The zero-order valence-corrected chi connectivity index (χ0v) is 17.5. The molecule has 0 bridgehead atoms. The normalized spacial score (nSPS) is 13.5. The van der Waals surface area contributed by atoms with E-state index in [9.17, 15) is 9.59 Å². The van der Waals surface area contributed by atoms with E-state index in [1.807, 2.05) is 30.3 Å². The number of benzene rings is 2. The molecule has 0 aromatic heterocycles. The second-order valence-corrected chi connectivity index (χ2v) is 7.78. The molecular formula is C24H32N4O2. The summed E-state index contributed by atoms with van der Waals surface area (Å²) in [5, 5.41) is 9.12. The molecule has 2 amide bonds. The van der Waals surface area contributed by atoms with E-state index in [4.69, 9.17) is 5.73 Å². The smallest absolute Gasteiger partial charge is 0.246 e. The molecule has 5 N–H and O–H groups in total. The number of aryl methyl sites for hydroxylation is 2. The Kier molecular flexibility index (Phi) is 8.41.